The summed E-state index contributed by atoms with van der Waals surface area (Å²) in [5.74, 6) is 0.217. The quantitative estimate of drug-likeness (QED) is 0.671. The van der Waals surface area contributed by atoms with E-state index in [-0.39, 0.29) is 17.5 Å². The average Bonchev–Trinajstić information content (AvgIpc) is 2.59. The number of hydrogen-bond acceptors (Lipinski definition) is 7. The molecule has 0 radical (unpaired) electrons. The number of nitroso groups, excluding NO2 is 1. The molecule has 0 unspecified atom stereocenters. The minimum atomic E-state index is -0.000231. The van der Waals surface area contributed by atoms with Crippen LogP contribution >= 0.6 is 0 Å². The van der Waals surface area contributed by atoms with Crippen LogP contribution in [0.5, 0.6) is 5.88 Å². The Kier molecular flexibility index (Phi) is 1.73. The van der Waals surface area contributed by atoms with Gasteiger partial charge in [-0.1, -0.05) is 0 Å². The fraction of sp³-hybridized carbons (Fsp3) is 0.167. The maximum Gasteiger partial charge on any atom is 0.247 e. The molecular weight excluding hydrogens is 188 g/mol. The molecule has 0 aliphatic carbocycles. The lowest BCUT2D eigenvalue weighted by molar-refractivity contribution is 0.402. The summed E-state index contributed by atoms with van der Waals surface area (Å²) in [7, 11) is 1.43. The summed E-state index contributed by atoms with van der Waals surface area (Å²) in [6, 6.07) is 0. The molecule has 2 N–H and O–H groups in total. The molecule has 0 bridgehead atoms. The highest BCUT2D eigenvalue weighted by molar-refractivity contribution is 5.77. The third-order valence-electron chi connectivity index (χ3n) is 1.65. The Balaban J connectivity index is 2.83. The number of methoxy groups -OCH3 is 1. The summed E-state index contributed by atoms with van der Waals surface area (Å²) in [5.41, 5.74) is 5.97. The fourth-order valence-corrected chi connectivity index (χ4v) is 1.08. The number of fused-ring (bicyclic) bond motifs is 1. The van der Waals surface area contributed by atoms with Gasteiger partial charge in [-0.25, -0.2) is 4.98 Å². The van der Waals surface area contributed by atoms with E-state index in [1.807, 2.05) is 0 Å². The minimum absolute atomic E-state index is 0.000231. The molecule has 2 heterocycles. The summed E-state index contributed by atoms with van der Waals surface area (Å²) in [4.78, 5) is 21.8. The van der Waals surface area contributed by atoms with Crippen LogP contribution in [-0.2, 0) is 0 Å². The smallest absolute Gasteiger partial charge is 0.247 e. The molecule has 0 aliphatic rings. The monoisotopic (exact) mass is 194 g/mol. The molecule has 0 amide bonds. The molecule has 0 spiro atoms. The first-order valence-corrected chi connectivity index (χ1v) is 3.64. The number of ether oxygens (including phenoxy) is 1. The van der Waals surface area contributed by atoms with E-state index in [2.05, 4.69) is 20.2 Å². The molecule has 72 valence electrons. The molecule has 2 aromatic rings. The second-order valence-corrected chi connectivity index (χ2v) is 2.43. The largest absolute Gasteiger partial charge is 0.479 e. The van der Waals surface area contributed by atoms with Crippen molar-refractivity contribution in [3.63, 3.8) is 0 Å². The second-order valence-electron chi connectivity index (χ2n) is 2.43. The normalized spacial score (nSPS) is 10.4. The summed E-state index contributed by atoms with van der Waals surface area (Å²) in [5, 5.41) is 2.68. The average molecular weight is 194 g/mol. The van der Waals surface area contributed by atoms with Gasteiger partial charge in [0.15, 0.2) is 11.2 Å². The Morgan fingerprint density at radius 1 is 1.57 bits per heavy atom. The lowest BCUT2D eigenvalue weighted by Gasteiger charge is -1.99. The Hall–Kier alpha value is -2.25. The van der Waals surface area contributed by atoms with Crippen LogP contribution in [0.2, 0.25) is 0 Å². The van der Waals surface area contributed by atoms with Crippen molar-refractivity contribution >= 4 is 17.1 Å². The van der Waals surface area contributed by atoms with Crippen LogP contribution < -0.4 is 10.5 Å². The van der Waals surface area contributed by atoms with Crippen LogP contribution in [0.3, 0.4) is 0 Å². The highest BCUT2D eigenvalue weighted by Crippen LogP contribution is 2.20. The van der Waals surface area contributed by atoms with E-state index >= 15 is 0 Å². The first-order chi connectivity index (χ1) is 6.76. The van der Waals surface area contributed by atoms with Gasteiger partial charge in [0.25, 0.3) is 0 Å². The number of imidazole rings is 1. The summed E-state index contributed by atoms with van der Waals surface area (Å²) >= 11 is 0. The number of nitrogens with two attached hydrogens (primary N) is 1. The van der Waals surface area contributed by atoms with Crippen molar-refractivity contribution in [1.82, 2.24) is 19.6 Å². The van der Waals surface area contributed by atoms with Gasteiger partial charge < -0.3 is 10.5 Å². The predicted molar refractivity (Wildman–Crippen MR) is 47.5 cm³/mol. The van der Waals surface area contributed by atoms with Gasteiger partial charge in [-0.3, -0.25) is 0 Å². The number of anilines is 1. The van der Waals surface area contributed by atoms with E-state index < -0.39 is 0 Å². The molecule has 0 atom stereocenters. The van der Waals surface area contributed by atoms with Gasteiger partial charge in [0.2, 0.25) is 11.8 Å². The zero-order chi connectivity index (χ0) is 10.1. The van der Waals surface area contributed by atoms with Gasteiger partial charge in [-0.15, -0.1) is 4.91 Å². The number of aromatic nitrogens is 4. The van der Waals surface area contributed by atoms with Gasteiger partial charge in [-0.2, -0.15) is 14.6 Å². The van der Waals surface area contributed by atoms with Crippen LogP contribution in [0.4, 0.5) is 5.95 Å². The summed E-state index contributed by atoms with van der Waals surface area (Å²) in [6.07, 6.45) is 1.22. The maximum absolute atomic E-state index is 10.3. The topological polar surface area (TPSA) is 108 Å². The molecular formula is C6H6N6O2. The molecule has 8 heteroatoms. The highest BCUT2D eigenvalue weighted by Gasteiger charge is 2.12. The third-order valence-corrected chi connectivity index (χ3v) is 1.65. The summed E-state index contributed by atoms with van der Waals surface area (Å²) in [6.45, 7) is 0. The van der Waals surface area contributed by atoms with Gasteiger partial charge in [0.05, 0.1) is 12.4 Å². The molecule has 0 saturated carbocycles. The lowest BCUT2D eigenvalue weighted by Crippen LogP contribution is -1.99. The molecule has 0 aromatic carbocycles. The molecule has 0 fully saturated rings. The molecule has 2 aromatic heterocycles. The first-order valence-electron chi connectivity index (χ1n) is 3.64. The van der Waals surface area contributed by atoms with Crippen molar-refractivity contribution in [3.8, 4) is 5.88 Å². The molecule has 0 saturated heterocycles. The molecule has 0 aliphatic heterocycles. The van der Waals surface area contributed by atoms with E-state index in [4.69, 9.17) is 10.5 Å². The minimum Gasteiger partial charge on any atom is -0.479 e. The maximum atomic E-state index is 10.3. The van der Waals surface area contributed by atoms with Crippen LogP contribution in [0.25, 0.3) is 11.2 Å². The number of nitrogens with zero attached hydrogens (tertiary/aromatic N) is 5. The number of nitrogen functional groups attached to an aromatic ring is 1. The zero-order valence-corrected chi connectivity index (χ0v) is 7.21. The van der Waals surface area contributed by atoms with Crippen LogP contribution in [-0.4, -0.2) is 26.7 Å². The van der Waals surface area contributed by atoms with Gasteiger partial charge in [0.1, 0.15) is 6.33 Å². The van der Waals surface area contributed by atoms with Crippen molar-refractivity contribution in [2.24, 2.45) is 5.29 Å². The molecule has 14 heavy (non-hydrogen) atoms. The molecule has 2 rings (SSSR count). The van der Waals surface area contributed by atoms with Crippen molar-refractivity contribution in [2.75, 3.05) is 12.8 Å². The number of rotatable bonds is 2. The number of hydrogen-bond donors (Lipinski definition) is 1. The Bertz CT molecular complexity index is 492. The van der Waals surface area contributed by atoms with Crippen molar-refractivity contribution < 1.29 is 4.74 Å². The highest BCUT2D eigenvalue weighted by atomic mass is 16.5. The predicted octanol–water partition coefficient (Wildman–Crippen LogP) is -0.0534. The third kappa shape index (κ3) is 1.04. The Morgan fingerprint density at radius 3 is 3.00 bits per heavy atom. The molecule has 8 nitrogen and oxygen atoms in total. The van der Waals surface area contributed by atoms with E-state index in [1.54, 1.807) is 0 Å². The van der Waals surface area contributed by atoms with E-state index in [0.717, 1.165) is 4.68 Å². The standard InChI is InChI=1S/C6H6N6O2/c1-14-5-3-4(9-6(7)10-5)12(11-13)2-8-3/h2H,1H3,(H2,7,9,10). The Morgan fingerprint density at radius 2 is 2.36 bits per heavy atom. The first kappa shape index (κ1) is 8.35. The fourth-order valence-electron chi connectivity index (χ4n) is 1.08. The zero-order valence-electron chi connectivity index (χ0n) is 7.21. The van der Waals surface area contributed by atoms with E-state index in [1.165, 1.54) is 13.4 Å². The van der Waals surface area contributed by atoms with E-state index in [9.17, 15) is 4.91 Å². The van der Waals surface area contributed by atoms with Gasteiger partial charge >= 0.3 is 0 Å². The van der Waals surface area contributed by atoms with Crippen molar-refractivity contribution in [2.45, 2.75) is 0 Å². The van der Waals surface area contributed by atoms with Gasteiger partial charge in [0, 0.05) is 0 Å². The van der Waals surface area contributed by atoms with Crippen molar-refractivity contribution in [1.29, 1.82) is 0 Å². The Labute approximate surface area is 77.7 Å². The SMILES string of the molecule is COc1nc(N)nc2c1ncn2N=O. The van der Waals surface area contributed by atoms with Crippen molar-refractivity contribution in [3.05, 3.63) is 11.2 Å². The van der Waals surface area contributed by atoms with Gasteiger partial charge in [-0.05, 0) is 0 Å². The summed E-state index contributed by atoms with van der Waals surface area (Å²) < 4.78 is 5.87. The van der Waals surface area contributed by atoms with Crippen LogP contribution in [0, 0.1) is 4.91 Å². The van der Waals surface area contributed by atoms with Crippen LogP contribution in [0.1, 0.15) is 0 Å². The van der Waals surface area contributed by atoms with Crippen LogP contribution in [0.15, 0.2) is 11.6 Å². The lowest BCUT2D eigenvalue weighted by atomic mass is 10.5. The second kappa shape index (κ2) is 2.91. The van der Waals surface area contributed by atoms with E-state index in [0.29, 0.717) is 5.52 Å².